The molecule has 2 aromatic rings. The third-order valence-electron chi connectivity index (χ3n) is 3.92. The number of hydrogen-bond acceptors (Lipinski definition) is 2. The zero-order valence-corrected chi connectivity index (χ0v) is 10.8. The highest BCUT2D eigenvalue weighted by atomic mass is 16.3. The quantitative estimate of drug-likeness (QED) is 0.880. The number of carbonyl (C=O) groups is 1. The molecule has 1 amide bonds. The smallest absolute Gasteiger partial charge is 0.227 e. The topological polar surface area (TPSA) is 56.3 Å². The molecule has 0 aliphatic carbocycles. The molecular formula is C15H18N2O2. The lowest BCUT2D eigenvalue weighted by Crippen LogP contribution is -2.38. The number of aliphatic hydroxyl groups is 1. The number of nitrogens with one attached hydrogen (secondary N) is 1. The van der Waals surface area contributed by atoms with Gasteiger partial charge in [0.1, 0.15) is 0 Å². The van der Waals surface area contributed by atoms with Crippen molar-refractivity contribution in [2.24, 2.45) is 0 Å². The maximum atomic E-state index is 12.3. The molecule has 3 rings (SSSR count). The molecule has 1 aromatic heterocycles. The number of carbonyl (C=O) groups excluding carboxylic acids is 1. The fourth-order valence-electron chi connectivity index (χ4n) is 2.90. The summed E-state index contributed by atoms with van der Waals surface area (Å²) in [5.74, 6) is 0.112. The normalized spacial score (nSPS) is 19.2. The zero-order valence-electron chi connectivity index (χ0n) is 10.8. The average Bonchev–Trinajstić information content (AvgIpc) is 3.05. The number of rotatable bonds is 3. The second kappa shape index (κ2) is 5.05. The number of fused-ring (bicyclic) bond motifs is 1. The van der Waals surface area contributed by atoms with E-state index in [-0.39, 0.29) is 18.6 Å². The predicted molar refractivity (Wildman–Crippen MR) is 73.8 cm³/mol. The summed E-state index contributed by atoms with van der Waals surface area (Å²) in [7, 11) is 0. The van der Waals surface area contributed by atoms with Crippen LogP contribution in [-0.4, -0.2) is 40.1 Å². The standard InChI is InChI=1S/C15H18N2O2/c18-10-12-4-3-7-17(12)15(19)8-11-9-16-14-6-2-1-5-13(11)14/h1-2,5-6,9,12,16,18H,3-4,7-8,10H2. The van der Waals surface area contributed by atoms with Gasteiger partial charge < -0.3 is 15.0 Å². The largest absolute Gasteiger partial charge is 0.394 e. The van der Waals surface area contributed by atoms with E-state index in [0.717, 1.165) is 35.9 Å². The molecule has 1 unspecified atom stereocenters. The molecule has 1 aliphatic heterocycles. The fourth-order valence-corrected chi connectivity index (χ4v) is 2.90. The number of aliphatic hydroxyl groups excluding tert-OH is 1. The minimum Gasteiger partial charge on any atom is -0.394 e. The van der Waals surface area contributed by atoms with Crippen LogP contribution in [0.3, 0.4) is 0 Å². The van der Waals surface area contributed by atoms with Crippen LogP contribution in [0.4, 0.5) is 0 Å². The number of likely N-dealkylation sites (tertiary alicyclic amines) is 1. The first kappa shape index (κ1) is 12.2. The molecule has 2 N–H and O–H groups in total. The Morgan fingerprint density at radius 3 is 3.11 bits per heavy atom. The zero-order chi connectivity index (χ0) is 13.2. The summed E-state index contributed by atoms with van der Waals surface area (Å²) in [4.78, 5) is 17.3. The Labute approximate surface area is 112 Å². The summed E-state index contributed by atoms with van der Waals surface area (Å²) < 4.78 is 0. The summed E-state index contributed by atoms with van der Waals surface area (Å²) in [5, 5.41) is 10.4. The number of benzene rings is 1. The van der Waals surface area contributed by atoms with Crippen LogP contribution in [0.15, 0.2) is 30.5 Å². The molecule has 1 aliphatic rings. The van der Waals surface area contributed by atoms with Gasteiger partial charge in [-0.2, -0.15) is 0 Å². The molecule has 19 heavy (non-hydrogen) atoms. The number of amides is 1. The lowest BCUT2D eigenvalue weighted by Gasteiger charge is -2.22. The molecule has 0 spiro atoms. The van der Waals surface area contributed by atoms with Crippen molar-refractivity contribution in [3.05, 3.63) is 36.0 Å². The van der Waals surface area contributed by atoms with Crippen LogP contribution >= 0.6 is 0 Å². The summed E-state index contributed by atoms with van der Waals surface area (Å²) in [5.41, 5.74) is 2.09. The number of aromatic amines is 1. The van der Waals surface area contributed by atoms with Crippen LogP contribution in [0.1, 0.15) is 18.4 Å². The van der Waals surface area contributed by atoms with Crippen LogP contribution in [0, 0.1) is 0 Å². The molecule has 2 heterocycles. The van der Waals surface area contributed by atoms with Gasteiger partial charge in [0.25, 0.3) is 0 Å². The minimum absolute atomic E-state index is 0.0118. The second-order valence-electron chi connectivity index (χ2n) is 5.10. The number of para-hydroxylation sites is 1. The third kappa shape index (κ3) is 2.24. The van der Waals surface area contributed by atoms with Gasteiger partial charge in [0.2, 0.25) is 5.91 Å². The van der Waals surface area contributed by atoms with Crippen molar-refractivity contribution in [2.45, 2.75) is 25.3 Å². The Morgan fingerprint density at radius 1 is 1.42 bits per heavy atom. The first-order valence-electron chi connectivity index (χ1n) is 6.75. The number of nitrogens with zero attached hydrogens (tertiary/aromatic N) is 1. The van der Waals surface area contributed by atoms with Gasteiger partial charge in [0.15, 0.2) is 0 Å². The number of H-pyrrole nitrogens is 1. The van der Waals surface area contributed by atoms with E-state index in [1.807, 2.05) is 35.4 Å². The van der Waals surface area contributed by atoms with Crippen molar-refractivity contribution >= 4 is 16.8 Å². The van der Waals surface area contributed by atoms with Crippen molar-refractivity contribution in [3.63, 3.8) is 0 Å². The van der Waals surface area contributed by atoms with E-state index >= 15 is 0 Å². The molecule has 1 aromatic carbocycles. The van der Waals surface area contributed by atoms with Gasteiger partial charge in [-0.05, 0) is 24.5 Å². The number of hydrogen-bond donors (Lipinski definition) is 2. The van der Waals surface area contributed by atoms with E-state index in [4.69, 9.17) is 0 Å². The fraction of sp³-hybridized carbons (Fsp3) is 0.400. The average molecular weight is 258 g/mol. The van der Waals surface area contributed by atoms with Gasteiger partial charge in [-0.15, -0.1) is 0 Å². The van der Waals surface area contributed by atoms with Gasteiger partial charge in [0, 0.05) is 23.6 Å². The maximum absolute atomic E-state index is 12.3. The van der Waals surface area contributed by atoms with Gasteiger partial charge in [0.05, 0.1) is 19.1 Å². The van der Waals surface area contributed by atoms with Gasteiger partial charge in [-0.1, -0.05) is 18.2 Å². The molecule has 4 heteroatoms. The Hall–Kier alpha value is -1.81. The Bertz CT molecular complexity index is 591. The Balaban J connectivity index is 1.79. The van der Waals surface area contributed by atoms with Crippen molar-refractivity contribution < 1.29 is 9.90 Å². The van der Waals surface area contributed by atoms with Crippen LogP contribution in [0.5, 0.6) is 0 Å². The summed E-state index contributed by atoms with van der Waals surface area (Å²) in [6.07, 6.45) is 4.22. The van der Waals surface area contributed by atoms with Crippen LogP contribution in [0.25, 0.3) is 10.9 Å². The van der Waals surface area contributed by atoms with Crippen molar-refractivity contribution in [3.8, 4) is 0 Å². The summed E-state index contributed by atoms with van der Waals surface area (Å²) in [6, 6.07) is 8.01. The van der Waals surface area contributed by atoms with Crippen molar-refractivity contribution in [2.75, 3.05) is 13.2 Å². The SMILES string of the molecule is O=C(Cc1c[nH]c2ccccc12)N1CCCC1CO. The Morgan fingerprint density at radius 2 is 2.26 bits per heavy atom. The molecule has 4 nitrogen and oxygen atoms in total. The molecule has 0 radical (unpaired) electrons. The molecule has 0 saturated carbocycles. The summed E-state index contributed by atoms with van der Waals surface area (Å²) in [6.45, 7) is 0.839. The minimum atomic E-state index is 0.0118. The monoisotopic (exact) mass is 258 g/mol. The highest BCUT2D eigenvalue weighted by molar-refractivity contribution is 5.89. The van der Waals surface area contributed by atoms with Gasteiger partial charge in [-0.3, -0.25) is 4.79 Å². The van der Waals surface area contributed by atoms with E-state index in [0.29, 0.717) is 6.42 Å². The lowest BCUT2D eigenvalue weighted by atomic mass is 10.1. The van der Waals surface area contributed by atoms with Crippen LogP contribution in [0.2, 0.25) is 0 Å². The first-order valence-corrected chi connectivity index (χ1v) is 6.75. The van der Waals surface area contributed by atoms with Crippen molar-refractivity contribution in [1.29, 1.82) is 0 Å². The Kier molecular flexibility index (Phi) is 3.25. The molecule has 100 valence electrons. The van der Waals surface area contributed by atoms with E-state index in [2.05, 4.69) is 4.98 Å². The van der Waals surface area contributed by atoms with E-state index < -0.39 is 0 Å². The maximum Gasteiger partial charge on any atom is 0.227 e. The molecular weight excluding hydrogens is 240 g/mol. The third-order valence-corrected chi connectivity index (χ3v) is 3.92. The van der Waals surface area contributed by atoms with Crippen LogP contribution in [-0.2, 0) is 11.2 Å². The molecule has 1 atom stereocenters. The molecule has 1 fully saturated rings. The van der Waals surface area contributed by atoms with Gasteiger partial charge in [-0.25, -0.2) is 0 Å². The predicted octanol–water partition coefficient (Wildman–Crippen LogP) is 1.69. The second-order valence-corrected chi connectivity index (χ2v) is 5.10. The van der Waals surface area contributed by atoms with E-state index in [9.17, 15) is 9.90 Å². The highest BCUT2D eigenvalue weighted by Gasteiger charge is 2.28. The summed E-state index contributed by atoms with van der Waals surface area (Å²) >= 11 is 0. The first-order chi connectivity index (χ1) is 9.29. The highest BCUT2D eigenvalue weighted by Crippen LogP contribution is 2.22. The molecule has 0 bridgehead atoms. The van der Waals surface area contributed by atoms with Crippen molar-refractivity contribution in [1.82, 2.24) is 9.88 Å². The van der Waals surface area contributed by atoms with Gasteiger partial charge >= 0.3 is 0 Å². The van der Waals surface area contributed by atoms with E-state index in [1.165, 1.54) is 0 Å². The van der Waals surface area contributed by atoms with E-state index in [1.54, 1.807) is 0 Å². The lowest BCUT2D eigenvalue weighted by molar-refractivity contribution is -0.131. The molecule has 1 saturated heterocycles. The van der Waals surface area contributed by atoms with Crippen LogP contribution < -0.4 is 0 Å². The number of aromatic nitrogens is 1.